The molecule has 1 fully saturated rings. The second-order valence-corrected chi connectivity index (χ2v) is 7.89. The molecule has 2 nitrogen and oxygen atoms in total. The lowest BCUT2D eigenvalue weighted by atomic mass is 9.86. The number of rotatable bonds is 4. The lowest BCUT2D eigenvalue weighted by Gasteiger charge is -2.27. The summed E-state index contributed by atoms with van der Waals surface area (Å²) in [5.41, 5.74) is 0. The van der Waals surface area contributed by atoms with Crippen molar-refractivity contribution in [1.82, 2.24) is 5.32 Å². The normalized spacial score (nSPS) is 25.1. The zero-order valence-corrected chi connectivity index (χ0v) is 13.6. The zero-order valence-electron chi connectivity index (χ0n) is 9.59. The molecule has 0 bridgehead atoms. The Labute approximate surface area is 123 Å². The van der Waals surface area contributed by atoms with Crippen LogP contribution in [0.4, 0.5) is 0 Å². The maximum atomic E-state index is 9.86. The molecule has 0 saturated heterocycles. The van der Waals surface area contributed by atoms with Gasteiger partial charge in [0.15, 0.2) is 0 Å². The van der Waals surface area contributed by atoms with Crippen molar-refractivity contribution in [3.05, 3.63) is 19.2 Å². The molecule has 0 amide bonds. The van der Waals surface area contributed by atoms with Gasteiger partial charge in [-0.15, -0.1) is 11.3 Å². The molecule has 1 aliphatic rings. The van der Waals surface area contributed by atoms with Crippen molar-refractivity contribution >= 4 is 43.2 Å². The number of halogens is 2. The van der Waals surface area contributed by atoms with Gasteiger partial charge in [-0.05, 0) is 56.7 Å². The highest BCUT2D eigenvalue weighted by molar-refractivity contribution is 9.13. The summed E-state index contributed by atoms with van der Waals surface area (Å²) in [6.07, 6.45) is 4.48. The molecular formula is C12H17Br2NOS. The summed E-state index contributed by atoms with van der Waals surface area (Å²) in [5, 5.41) is 13.3. The number of nitrogens with one attached hydrogen (secondary N) is 1. The fourth-order valence-electron chi connectivity index (χ4n) is 2.29. The van der Waals surface area contributed by atoms with Crippen LogP contribution in [-0.2, 0) is 6.54 Å². The number of aliphatic hydroxyl groups excluding tert-OH is 1. The summed E-state index contributed by atoms with van der Waals surface area (Å²) >= 11 is 8.73. The fraction of sp³-hybridized carbons (Fsp3) is 0.667. The number of hydrogen-bond acceptors (Lipinski definition) is 3. The Kier molecular flexibility index (Phi) is 5.49. The number of thiophene rings is 1. The summed E-state index contributed by atoms with van der Waals surface area (Å²) in [7, 11) is 0. The molecule has 2 atom stereocenters. The Morgan fingerprint density at radius 2 is 2.12 bits per heavy atom. The van der Waals surface area contributed by atoms with Crippen LogP contribution < -0.4 is 5.32 Å². The van der Waals surface area contributed by atoms with Crippen LogP contribution in [0.5, 0.6) is 0 Å². The van der Waals surface area contributed by atoms with Gasteiger partial charge >= 0.3 is 0 Å². The van der Waals surface area contributed by atoms with Crippen molar-refractivity contribution in [2.45, 2.75) is 38.3 Å². The third-order valence-corrected chi connectivity index (χ3v) is 6.53. The van der Waals surface area contributed by atoms with Crippen LogP contribution in [0.2, 0.25) is 0 Å². The van der Waals surface area contributed by atoms with E-state index < -0.39 is 0 Å². The molecule has 0 aliphatic heterocycles. The van der Waals surface area contributed by atoms with Crippen molar-refractivity contribution < 1.29 is 5.11 Å². The molecule has 2 rings (SSSR count). The minimum atomic E-state index is -0.0990. The molecule has 2 unspecified atom stereocenters. The molecule has 1 saturated carbocycles. The fourth-order valence-corrected chi connectivity index (χ4v) is 4.43. The van der Waals surface area contributed by atoms with Crippen LogP contribution in [0.15, 0.2) is 14.3 Å². The topological polar surface area (TPSA) is 32.3 Å². The summed E-state index contributed by atoms with van der Waals surface area (Å²) in [6.45, 7) is 1.81. The SMILES string of the molecule is OC1CCCCC1CNCc1cc(Br)c(Br)s1. The average Bonchev–Trinajstić information content (AvgIpc) is 2.61. The maximum absolute atomic E-state index is 9.86. The van der Waals surface area contributed by atoms with Gasteiger partial charge in [0.1, 0.15) is 0 Å². The first-order chi connectivity index (χ1) is 8.16. The molecule has 5 heteroatoms. The summed E-state index contributed by atoms with van der Waals surface area (Å²) in [5.74, 6) is 0.440. The van der Waals surface area contributed by atoms with Gasteiger partial charge in [-0.3, -0.25) is 0 Å². The van der Waals surface area contributed by atoms with Gasteiger partial charge in [-0.1, -0.05) is 12.8 Å². The van der Waals surface area contributed by atoms with E-state index in [-0.39, 0.29) is 6.10 Å². The van der Waals surface area contributed by atoms with Gasteiger partial charge in [-0.25, -0.2) is 0 Å². The van der Waals surface area contributed by atoms with Gasteiger partial charge in [-0.2, -0.15) is 0 Å². The average molecular weight is 383 g/mol. The highest BCUT2D eigenvalue weighted by atomic mass is 79.9. The van der Waals surface area contributed by atoms with E-state index in [1.54, 1.807) is 11.3 Å². The molecule has 0 aromatic carbocycles. The van der Waals surface area contributed by atoms with Crippen LogP contribution in [0.25, 0.3) is 0 Å². The Morgan fingerprint density at radius 3 is 2.76 bits per heavy atom. The predicted octanol–water partition coefficient (Wildman–Crippen LogP) is 3.91. The number of hydrogen-bond donors (Lipinski definition) is 2. The molecule has 2 N–H and O–H groups in total. The Morgan fingerprint density at radius 1 is 1.35 bits per heavy atom. The second-order valence-electron chi connectivity index (χ2n) is 4.58. The Balaban J connectivity index is 1.75. The maximum Gasteiger partial charge on any atom is 0.0843 e. The van der Waals surface area contributed by atoms with E-state index in [1.165, 1.54) is 17.7 Å². The number of aliphatic hydroxyl groups is 1. The van der Waals surface area contributed by atoms with Gasteiger partial charge in [0.2, 0.25) is 0 Å². The van der Waals surface area contributed by atoms with E-state index in [2.05, 4.69) is 43.2 Å². The minimum absolute atomic E-state index is 0.0990. The highest BCUT2D eigenvalue weighted by Crippen LogP contribution is 2.32. The van der Waals surface area contributed by atoms with E-state index in [0.29, 0.717) is 5.92 Å². The van der Waals surface area contributed by atoms with Crippen molar-refractivity contribution in [2.24, 2.45) is 5.92 Å². The standard InChI is InChI=1S/C12H17Br2NOS/c13-10-5-9(17-12(10)14)7-15-6-8-3-1-2-4-11(8)16/h5,8,11,15-16H,1-4,6-7H2. The van der Waals surface area contributed by atoms with E-state index in [9.17, 15) is 5.11 Å². The quantitative estimate of drug-likeness (QED) is 0.827. The van der Waals surface area contributed by atoms with Crippen molar-refractivity contribution in [2.75, 3.05) is 6.54 Å². The van der Waals surface area contributed by atoms with Crippen molar-refractivity contribution in [3.63, 3.8) is 0 Å². The molecule has 1 aliphatic carbocycles. The van der Waals surface area contributed by atoms with Crippen LogP contribution in [0, 0.1) is 5.92 Å². The first kappa shape index (κ1) is 14.0. The molecule has 96 valence electrons. The molecule has 1 aromatic rings. The highest BCUT2D eigenvalue weighted by Gasteiger charge is 2.22. The van der Waals surface area contributed by atoms with Crippen LogP contribution in [0.3, 0.4) is 0 Å². The van der Waals surface area contributed by atoms with Gasteiger partial charge in [0.05, 0.1) is 9.89 Å². The van der Waals surface area contributed by atoms with E-state index >= 15 is 0 Å². The first-order valence-corrected chi connectivity index (χ1v) is 8.39. The lowest BCUT2D eigenvalue weighted by Crippen LogP contribution is -2.33. The zero-order chi connectivity index (χ0) is 12.3. The summed E-state index contributed by atoms with van der Waals surface area (Å²) in [4.78, 5) is 1.31. The largest absolute Gasteiger partial charge is 0.393 e. The van der Waals surface area contributed by atoms with Crippen molar-refractivity contribution in [1.29, 1.82) is 0 Å². The Hall–Kier alpha value is 0.580. The monoisotopic (exact) mass is 381 g/mol. The van der Waals surface area contributed by atoms with Gasteiger partial charge < -0.3 is 10.4 Å². The van der Waals surface area contributed by atoms with E-state index in [1.807, 2.05) is 0 Å². The van der Waals surface area contributed by atoms with Crippen LogP contribution >= 0.6 is 43.2 Å². The third-order valence-electron chi connectivity index (χ3n) is 3.27. The predicted molar refractivity (Wildman–Crippen MR) is 79.4 cm³/mol. The van der Waals surface area contributed by atoms with E-state index in [0.717, 1.165) is 34.2 Å². The van der Waals surface area contributed by atoms with Crippen LogP contribution in [-0.4, -0.2) is 17.8 Å². The summed E-state index contributed by atoms with van der Waals surface area (Å²) < 4.78 is 2.27. The van der Waals surface area contributed by atoms with Crippen molar-refractivity contribution in [3.8, 4) is 0 Å². The third kappa shape index (κ3) is 4.03. The van der Waals surface area contributed by atoms with Gasteiger partial charge in [0.25, 0.3) is 0 Å². The Bertz CT molecular complexity index is 350. The molecular weight excluding hydrogens is 366 g/mol. The summed E-state index contributed by atoms with van der Waals surface area (Å²) in [6, 6.07) is 2.14. The molecule has 0 spiro atoms. The lowest BCUT2D eigenvalue weighted by molar-refractivity contribution is 0.0695. The minimum Gasteiger partial charge on any atom is -0.393 e. The molecule has 1 aromatic heterocycles. The van der Waals surface area contributed by atoms with Gasteiger partial charge in [0, 0.05) is 22.4 Å². The molecule has 0 radical (unpaired) electrons. The van der Waals surface area contributed by atoms with E-state index in [4.69, 9.17) is 0 Å². The molecule has 1 heterocycles. The smallest absolute Gasteiger partial charge is 0.0843 e. The van der Waals surface area contributed by atoms with Crippen LogP contribution in [0.1, 0.15) is 30.6 Å². The second kappa shape index (κ2) is 6.66. The first-order valence-electron chi connectivity index (χ1n) is 5.99. The molecule has 17 heavy (non-hydrogen) atoms.